The van der Waals surface area contributed by atoms with Crippen LogP contribution in [0, 0.1) is 0 Å². The lowest BCUT2D eigenvalue weighted by molar-refractivity contribution is 0.0939. The summed E-state index contributed by atoms with van der Waals surface area (Å²) in [5, 5.41) is 7.67. The Hall–Kier alpha value is -0.360. The van der Waals surface area contributed by atoms with Crippen molar-refractivity contribution in [2.75, 3.05) is 5.75 Å². The zero-order chi connectivity index (χ0) is 11.1. The molecule has 0 spiro atoms. The van der Waals surface area contributed by atoms with Crippen molar-refractivity contribution in [1.82, 2.24) is 15.0 Å². The lowest BCUT2D eigenvalue weighted by atomic mass is 9.98. The summed E-state index contributed by atoms with van der Waals surface area (Å²) in [4.78, 5) is 12.3. The van der Waals surface area contributed by atoms with Gasteiger partial charge in [-0.15, -0.1) is 16.9 Å². The van der Waals surface area contributed by atoms with E-state index in [1.165, 1.54) is 4.68 Å². The third-order valence-electron chi connectivity index (χ3n) is 2.70. The second-order valence-electron chi connectivity index (χ2n) is 3.86. The van der Waals surface area contributed by atoms with Crippen molar-refractivity contribution in [1.29, 1.82) is 0 Å². The van der Waals surface area contributed by atoms with Gasteiger partial charge in [0.25, 0.3) is 0 Å². The van der Waals surface area contributed by atoms with Crippen LogP contribution < -0.4 is 0 Å². The highest BCUT2D eigenvalue weighted by Crippen LogP contribution is 2.40. The molecule has 1 aromatic rings. The monoisotopic (exact) mass is 289 g/mol. The van der Waals surface area contributed by atoms with Gasteiger partial charge in [0, 0.05) is 7.05 Å². The van der Waals surface area contributed by atoms with Gasteiger partial charge in [-0.25, -0.2) is 4.68 Å². The second kappa shape index (κ2) is 3.90. The molecule has 1 aliphatic heterocycles. The first-order chi connectivity index (χ1) is 7.04. The van der Waals surface area contributed by atoms with Crippen molar-refractivity contribution in [3.63, 3.8) is 0 Å². The van der Waals surface area contributed by atoms with Crippen molar-refractivity contribution < 1.29 is 4.79 Å². The summed E-state index contributed by atoms with van der Waals surface area (Å²) in [5.41, 5.74) is 0.576. The van der Waals surface area contributed by atoms with Crippen LogP contribution in [0.3, 0.4) is 0 Å². The van der Waals surface area contributed by atoms with Crippen LogP contribution in [0.25, 0.3) is 0 Å². The third kappa shape index (κ3) is 1.85. The molecule has 2 rings (SSSR count). The molecule has 1 unspecified atom stereocenters. The zero-order valence-electron chi connectivity index (χ0n) is 8.66. The Morgan fingerprint density at radius 3 is 2.87 bits per heavy atom. The molecule has 4 nitrogen and oxygen atoms in total. The van der Waals surface area contributed by atoms with E-state index in [0.29, 0.717) is 10.3 Å². The number of ketones is 1. The molecule has 6 heteroatoms. The summed E-state index contributed by atoms with van der Waals surface area (Å²) < 4.78 is 1.79. The van der Waals surface area contributed by atoms with Crippen molar-refractivity contribution in [3.8, 4) is 0 Å². The first-order valence-corrected chi connectivity index (χ1v) is 6.56. The highest BCUT2D eigenvalue weighted by atomic mass is 79.9. The van der Waals surface area contributed by atoms with E-state index in [0.717, 1.165) is 18.6 Å². The van der Waals surface area contributed by atoms with Crippen LogP contribution in [-0.2, 0) is 7.05 Å². The fraction of sp³-hybridized carbons (Fsp3) is 0.667. The van der Waals surface area contributed by atoms with Gasteiger partial charge >= 0.3 is 0 Å². The summed E-state index contributed by atoms with van der Waals surface area (Å²) in [6, 6.07) is 0. The van der Waals surface area contributed by atoms with E-state index in [2.05, 4.69) is 26.2 Å². The maximum Gasteiger partial charge on any atom is 0.199 e. The van der Waals surface area contributed by atoms with Gasteiger partial charge in [-0.2, -0.15) is 0 Å². The van der Waals surface area contributed by atoms with Gasteiger partial charge in [0.15, 0.2) is 10.4 Å². The minimum atomic E-state index is -0.294. The highest BCUT2D eigenvalue weighted by Gasteiger charge is 2.40. The van der Waals surface area contributed by atoms with Crippen molar-refractivity contribution in [2.45, 2.75) is 24.5 Å². The molecule has 0 saturated carbocycles. The van der Waals surface area contributed by atoms with Gasteiger partial charge in [0.1, 0.15) is 5.69 Å². The fourth-order valence-corrected chi connectivity index (χ4v) is 3.54. The number of Topliss-reactive ketones (excluding diaryl/α,β-unsaturated/α-hetero) is 1. The first kappa shape index (κ1) is 11.1. The van der Waals surface area contributed by atoms with Gasteiger partial charge in [0.2, 0.25) is 0 Å². The molecule has 1 fully saturated rings. The summed E-state index contributed by atoms with van der Waals surface area (Å²) in [6.45, 7) is 2.01. The summed E-state index contributed by atoms with van der Waals surface area (Å²) in [7, 11) is 1.74. The lowest BCUT2D eigenvalue weighted by Crippen LogP contribution is -2.30. The number of aromatic nitrogens is 3. The smallest absolute Gasteiger partial charge is 0.199 e. The summed E-state index contributed by atoms with van der Waals surface area (Å²) in [5.74, 6) is 1.19. The van der Waals surface area contributed by atoms with Crippen LogP contribution >= 0.6 is 27.7 Å². The Morgan fingerprint density at radius 2 is 2.40 bits per heavy atom. The van der Waals surface area contributed by atoms with Crippen molar-refractivity contribution in [2.24, 2.45) is 7.05 Å². The van der Waals surface area contributed by atoms with E-state index in [1.54, 1.807) is 18.8 Å². The standard InChI is InChI=1S/C9H12BrN3OS/c1-9(4-3-5-15-9)7(14)6-8(10)11-12-13(6)2/h3-5H2,1-2H3. The molecular weight excluding hydrogens is 278 g/mol. The van der Waals surface area contributed by atoms with E-state index in [-0.39, 0.29) is 10.5 Å². The Labute approximate surface area is 101 Å². The minimum Gasteiger partial charge on any atom is -0.291 e. The van der Waals surface area contributed by atoms with Crippen LogP contribution in [0.1, 0.15) is 30.3 Å². The molecule has 1 aliphatic rings. The largest absolute Gasteiger partial charge is 0.291 e. The predicted molar refractivity (Wildman–Crippen MR) is 63.1 cm³/mol. The molecule has 0 aromatic carbocycles. The van der Waals surface area contributed by atoms with Gasteiger partial charge in [-0.3, -0.25) is 4.79 Å². The molecule has 2 heterocycles. The molecule has 0 N–H and O–H groups in total. The number of carbonyl (C=O) groups excluding carboxylic acids is 1. The van der Waals surface area contributed by atoms with E-state index in [4.69, 9.17) is 0 Å². The maximum atomic E-state index is 12.3. The topological polar surface area (TPSA) is 47.8 Å². The predicted octanol–water partition coefficient (Wildman–Crippen LogP) is 2.05. The number of halogens is 1. The Kier molecular flexibility index (Phi) is 2.89. The quantitative estimate of drug-likeness (QED) is 0.782. The van der Waals surface area contributed by atoms with Crippen LogP contribution in [-0.4, -0.2) is 31.3 Å². The van der Waals surface area contributed by atoms with Crippen molar-refractivity contribution >= 4 is 33.5 Å². The molecule has 1 saturated heterocycles. The van der Waals surface area contributed by atoms with E-state index < -0.39 is 0 Å². The van der Waals surface area contributed by atoms with Crippen LogP contribution in [0.5, 0.6) is 0 Å². The summed E-state index contributed by atoms with van der Waals surface area (Å²) >= 11 is 4.99. The van der Waals surface area contributed by atoms with Gasteiger partial charge < -0.3 is 0 Å². The van der Waals surface area contributed by atoms with E-state index in [9.17, 15) is 4.79 Å². The molecule has 15 heavy (non-hydrogen) atoms. The van der Waals surface area contributed by atoms with Gasteiger partial charge in [-0.05, 0) is 41.4 Å². The molecule has 0 bridgehead atoms. The number of rotatable bonds is 2. The number of hydrogen-bond donors (Lipinski definition) is 0. The molecule has 1 atom stereocenters. The van der Waals surface area contributed by atoms with Gasteiger partial charge in [0.05, 0.1) is 4.75 Å². The number of carbonyl (C=O) groups is 1. The second-order valence-corrected chi connectivity index (χ2v) is 6.21. The van der Waals surface area contributed by atoms with Crippen LogP contribution in [0.2, 0.25) is 0 Å². The Morgan fingerprint density at radius 1 is 1.67 bits per heavy atom. The maximum absolute atomic E-state index is 12.3. The SMILES string of the molecule is Cn1nnc(Br)c1C(=O)C1(C)CCCS1. The van der Waals surface area contributed by atoms with Crippen LogP contribution in [0.4, 0.5) is 0 Å². The van der Waals surface area contributed by atoms with E-state index in [1.807, 2.05) is 6.92 Å². The third-order valence-corrected chi connectivity index (χ3v) is 4.75. The molecule has 0 aliphatic carbocycles. The average Bonchev–Trinajstić information content (AvgIpc) is 2.75. The number of thioether (sulfide) groups is 1. The summed E-state index contributed by atoms with van der Waals surface area (Å²) in [6.07, 6.45) is 2.05. The van der Waals surface area contributed by atoms with Crippen LogP contribution in [0.15, 0.2) is 4.60 Å². The Bertz CT molecular complexity index is 379. The zero-order valence-corrected chi connectivity index (χ0v) is 11.1. The first-order valence-electron chi connectivity index (χ1n) is 4.78. The molecule has 0 amide bonds. The number of aryl methyl sites for hydroxylation is 1. The van der Waals surface area contributed by atoms with Crippen molar-refractivity contribution in [3.05, 3.63) is 10.3 Å². The van der Waals surface area contributed by atoms with E-state index >= 15 is 0 Å². The van der Waals surface area contributed by atoms with Gasteiger partial charge in [-0.1, -0.05) is 5.21 Å². The normalized spacial score (nSPS) is 25.8. The minimum absolute atomic E-state index is 0.129. The molecule has 1 aromatic heterocycles. The molecular formula is C9H12BrN3OS. The fourth-order valence-electron chi connectivity index (χ4n) is 1.78. The Balaban J connectivity index is 2.35. The number of nitrogens with zero attached hydrogens (tertiary/aromatic N) is 3. The number of hydrogen-bond acceptors (Lipinski definition) is 4. The lowest BCUT2D eigenvalue weighted by Gasteiger charge is -2.20. The average molecular weight is 290 g/mol. The highest BCUT2D eigenvalue weighted by molar-refractivity contribution is 9.10. The molecule has 0 radical (unpaired) electrons. The molecule has 82 valence electrons.